The van der Waals surface area contributed by atoms with Crippen molar-refractivity contribution in [3.8, 4) is 5.75 Å². The van der Waals surface area contributed by atoms with Gasteiger partial charge in [-0.05, 0) is 45.4 Å². The van der Waals surface area contributed by atoms with Crippen molar-refractivity contribution in [3.63, 3.8) is 0 Å². The highest BCUT2D eigenvalue weighted by molar-refractivity contribution is 6.33. The molecule has 3 amide bonds. The molecule has 3 N–H and O–H groups in total. The number of nitrogens with zero attached hydrogens (tertiary/aromatic N) is 9. The number of rotatable bonds is 11. The molecule has 3 fully saturated rings. The Hall–Kier alpha value is -5.88. The zero-order chi connectivity index (χ0) is 43.2. The molecule has 3 aliphatic heterocycles. The topological polar surface area (TPSA) is 185 Å². The SMILES string of the molecule is CNC(=O)COc1cc2cc(Nc3nc(N4CCC(F)(CN5CCN(c6cccc7c(C8CCC(=O)NC8=O)nn(C)c67)CC5C)CC4)ncc3Cl)cnc2n(C(C)C)c1=O. The number of halogens is 2. The van der Waals surface area contributed by atoms with Gasteiger partial charge in [0.15, 0.2) is 18.2 Å². The fourth-order valence-corrected chi connectivity index (χ4v) is 8.83. The number of carbonyl (C=O) groups is 3. The number of alkyl halides is 1. The summed E-state index contributed by atoms with van der Waals surface area (Å²) in [4.78, 5) is 69.9. The lowest BCUT2D eigenvalue weighted by Crippen LogP contribution is -2.57. The number of benzene rings is 1. The number of para-hydroxylation sites is 1. The smallest absolute Gasteiger partial charge is 0.294 e. The standard InChI is InChI=1S/C42H50ClFN12O5/c1-24(2)56-38-26(18-32(40(56)60)61-22-34(58)45-4)17-27(19-46-38)48-37-30(43)20-47-41(50-37)53-13-11-42(44,12-14-53)23-55-16-15-54(21-25(55)3)31-8-6-7-28-35(51-52(5)36(28)31)29-9-10-33(57)49-39(29)59/h6-8,17-20,24-25,29H,9-16,21-23H2,1-5H3,(H,45,58)(H,47,48,50)(H,49,57,59). The van der Waals surface area contributed by atoms with Crippen molar-refractivity contribution in [2.75, 3.05) is 68.0 Å². The minimum atomic E-state index is -1.39. The lowest BCUT2D eigenvalue weighted by molar-refractivity contribution is -0.134. The first kappa shape index (κ1) is 41.8. The van der Waals surface area contributed by atoms with Crippen LogP contribution >= 0.6 is 11.6 Å². The number of nitrogens with one attached hydrogen (secondary N) is 3. The molecule has 1 aromatic carbocycles. The summed E-state index contributed by atoms with van der Waals surface area (Å²) in [6.07, 6.45) is 4.44. The molecule has 19 heteroatoms. The number of aryl methyl sites for hydroxylation is 1. The van der Waals surface area contributed by atoms with Gasteiger partial charge >= 0.3 is 0 Å². The average Bonchev–Trinajstić information content (AvgIpc) is 3.57. The monoisotopic (exact) mass is 856 g/mol. The first-order valence-electron chi connectivity index (χ1n) is 20.6. The van der Waals surface area contributed by atoms with Crippen LogP contribution in [0, 0.1) is 0 Å². The number of ether oxygens (including phenoxy) is 1. The average molecular weight is 857 g/mol. The third-order valence-electron chi connectivity index (χ3n) is 12.0. The van der Waals surface area contributed by atoms with E-state index >= 15 is 4.39 Å². The third-order valence-corrected chi connectivity index (χ3v) is 12.2. The molecule has 0 radical (unpaired) electrons. The van der Waals surface area contributed by atoms with Crippen molar-refractivity contribution in [2.24, 2.45) is 7.05 Å². The molecule has 0 saturated carbocycles. The number of imide groups is 1. The quantitative estimate of drug-likeness (QED) is 0.161. The molecule has 7 heterocycles. The summed E-state index contributed by atoms with van der Waals surface area (Å²) in [5.41, 5.74) is 1.86. The molecule has 8 rings (SSSR count). The van der Waals surface area contributed by atoms with Crippen LogP contribution in [0.5, 0.6) is 5.75 Å². The van der Waals surface area contributed by atoms with E-state index < -0.39 is 17.1 Å². The van der Waals surface area contributed by atoms with Crippen LogP contribution in [-0.2, 0) is 21.4 Å². The Morgan fingerprint density at radius 2 is 1.87 bits per heavy atom. The van der Waals surface area contributed by atoms with Crippen molar-refractivity contribution in [1.29, 1.82) is 0 Å². The van der Waals surface area contributed by atoms with Crippen LogP contribution in [0.1, 0.15) is 64.1 Å². The highest BCUT2D eigenvalue weighted by Crippen LogP contribution is 2.37. The second-order valence-corrected chi connectivity index (χ2v) is 16.9. The Morgan fingerprint density at radius 3 is 2.59 bits per heavy atom. The van der Waals surface area contributed by atoms with Gasteiger partial charge in [0.25, 0.3) is 11.5 Å². The summed E-state index contributed by atoms with van der Waals surface area (Å²) < 4.78 is 25.6. The normalized spacial score (nSPS) is 19.7. The van der Waals surface area contributed by atoms with Gasteiger partial charge in [0, 0.05) is 95.5 Å². The van der Waals surface area contributed by atoms with Gasteiger partial charge in [-0.1, -0.05) is 23.7 Å². The van der Waals surface area contributed by atoms with E-state index in [9.17, 15) is 19.2 Å². The lowest BCUT2D eigenvalue weighted by Gasteiger charge is -2.45. The van der Waals surface area contributed by atoms with Crippen molar-refractivity contribution in [2.45, 2.75) is 70.1 Å². The summed E-state index contributed by atoms with van der Waals surface area (Å²) in [7, 11) is 3.37. The molecule has 4 aromatic heterocycles. The molecule has 17 nitrogen and oxygen atoms in total. The number of anilines is 4. The number of piperidine rings is 2. The zero-order valence-electron chi connectivity index (χ0n) is 34.9. The third kappa shape index (κ3) is 8.42. The Morgan fingerprint density at radius 1 is 1.08 bits per heavy atom. The van der Waals surface area contributed by atoms with Gasteiger partial charge in [-0.25, -0.2) is 14.4 Å². The maximum Gasteiger partial charge on any atom is 0.294 e. The lowest BCUT2D eigenvalue weighted by atomic mass is 9.91. The van der Waals surface area contributed by atoms with E-state index in [0.717, 1.165) is 16.6 Å². The van der Waals surface area contributed by atoms with E-state index in [1.165, 1.54) is 17.8 Å². The predicted molar refractivity (Wildman–Crippen MR) is 231 cm³/mol. The van der Waals surface area contributed by atoms with Crippen LogP contribution in [0.2, 0.25) is 5.02 Å². The fraction of sp³-hybridized carbons (Fsp3) is 0.476. The molecule has 322 valence electrons. The second kappa shape index (κ2) is 16.9. The molecular weight excluding hydrogens is 807 g/mol. The summed E-state index contributed by atoms with van der Waals surface area (Å²) in [6, 6.07) is 9.25. The summed E-state index contributed by atoms with van der Waals surface area (Å²) in [5, 5.41) is 14.7. The van der Waals surface area contributed by atoms with E-state index in [1.54, 1.807) is 18.3 Å². The number of likely N-dealkylation sites (N-methyl/N-ethyl adjacent to an activating group) is 1. The molecule has 0 aliphatic carbocycles. The predicted octanol–water partition coefficient (Wildman–Crippen LogP) is 4.22. The van der Waals surface area contributed by atoms with Gasteiger partial charge in [0.1, 0.15) is 16.3 Å². The molecule has 0 bridgehead atoms. The zero-order valence-corrected chi connectivity index (χ0v) is 35.6. The molecule has 0 spiro atoms. The molecule has 3 aliphatic rings. The molecule has 2 atom stereocenters. The van der Waals surface area contributed by atoms with Gasteiger partial charge in [0.2, 0.25) is 17.8 Å². The molecule has 2 unspecified atom stereocenters. The Bertz CT molecular complexity index is 2570. The minimum absolute atomic E-state index is 0.0268. The van der Waals surface area contributed by atoms with E-state index in [2.05, 4.69) is 48.7 Å². The Labute approximate surface area is 356 Å². The Balaban J connectivity index is 0.910. The van der Waals surface area contributed by atoms with Crippen LogP contribution < -0.4 is 36.0 Å². The van der Waals surface area contributed by atoms with Gasteiger partial charge in [-0.2, -0.15) is 10.1 Å². The van der Waals surface area contributed by atoms with Gasteiger partial charge in [-0.15, -0.1) is 0 Å². The van der Waals surface area contributed by atoms with Crippen LogP contribution in [0.15, 0.2) is 47.5 Å². The second-order valence-electron chi connectivity index (χ2n) is 16.5. The number of pyridine rings is 2. The maximum absolute atomic E-state index is 16.7. The van der Waals surface area contributed by atoms with E-state index in [1.807, 2.05) is 42.6 Å². The van der Waals surface area contributed by atoms with Crippen molar-refractivity contribution in [3.05, 3.63) is 63.8 Å². The highest BCUT2D eigenvalue weighted by Gasteiger charge is 2.40. The summed E-state index contributed by atoms with van der Waals surface area (Å²) in [5.74, 6) is -0.610. The maximum atomic E-state index is 16.7. The first-order valence-corrected chi connectivity index (χ1v) is 21.0. The van der Waals surface area contributed by atoms with E-state index in [-0.39, 0.29) is 53.6 Å². The first-order chi connectivity index (χ1) is 29.2. The number of fused-ring (bicyclic) bond motifs is 2. The van der Waals surface area contributed by atoms with Crippen LogP contribution in [0.3, 0.4) is 0 Å². The molecular formula is C42H50ClFN12O5. The van der Waals surface area contributed by atoms with Crippen LogP contribution in [-0.4, -0.2) is 117 Å². The number of amides is 3. The number of hydrogen-bond acceptors (Lipinski definition) is 13. The van der Waals surface area contributed by atoms with Gasteiger partial charge in [0.05, 0.1) is 40.9 Å². The summed E-state index contributed by atoms with van der Waals surface area (Å²) >= 11 is 6.57. The fourth-order valence-electron chi connectivity index (χ4n) is 8.69. The van der Waals surface area contributed by atoms with Crippen molar-refractivity contribution < 1.29 is 23.5 Å². The number of hydrogen-bond donors (Lipinski definition) is 3. The van der Waals surface area contributed by atoms with Gasteiger partial charge in [-0.3, -0.25) is 38.6 Å². The Kier molecular flexibility index (Phi) is 11.6. The minimum Gasteiger partial charge on any atom is -0.478 e. The molecule has 3 saturated heterocycles. The highest BCUT2D eigenvalue weighted by atomic mass is 35.5. The molecule has 5 aromatic rings. The van der Waals surface area contributed by atoms with Crippen molar-refractivity contribution in [1.82, 2.24) is 44.8 Å². The van der Waals surface area contributed by atoms with Crippen LogP contribution in [0.25, 0.3) is 21.9 Å². The van der Waals surface area contributed by atoms with Crippen LogP contribution in [0.4, 0.5) is 27.5 Å². The van der Waals surface area contributed by atoms with E-state index in [4.69, 9.17) is 26.4 Å². The van der Waals surface area contributed by atoms with Crippen molar-refractivity contribution >= 4 is 74.4 Å². The largest absolute Gasteiger partial charge is 0.478 e. The number of carbonyl (C=O) groups excluding carboxylic acids is 3. The molecule has 61 heavy (non-hydrogen) atoms. The van der Waals surface area contributed by atoms with E-state index in [0.29, 0.717) is 92.7 Å². The number of aromatic nitrogens is 6. The number of piperazine rings is 1. The van der Waals surface area contributed by atoms with Gasteiger partial charge < -0.3 is 25.2 Å². The summed E-state index contributed by atoms with van der Waals surface area (Å²) in [6.45, 7) is 8.81.